The van der Waals surface area contributed by atoms with Gasteiger partial charge in [0, 0.05) is 44.1 Å². The van der Waals surface area contributed by atoms with Crippen molar-refractivity contribution in [2.24, 2.45) is 17.6 Å². The van der Waals surface area contributed by atoms with E-state index in [1.54, 1.807) is 18.5 Å². The number of anilines is 2. The molecule has 0 spiro atoms. The number of nitrogens with zero attached hydrogens (tertiary/aromatic N) is 6. The molecule has 0 aliphatic carbocycles. The van der Waals surface area contributed by atoms with Crippen LogP contribution in [-0.2, 0) is 0 Å². The third-order valence-electron chi connectivity index (χ3n) is 8.26. The van der Waals surface area contributed by atoms with Gasteiger partial charge in [0.05, 0.1) is 19.0 Å². The van der Waals surface area contributed by atoms with Gasteiger partial charge in [0.2, 0.25) is 5.95 Å². The van der Waals surface area contributed by atoms with Crippen LogP contribution in [0.25, 0.3) is 0 Å². The lowest BCUT2D eigenvalue weighted by molar-refractivity contribution is 0.219. The Kier molecular flexibility index (Phi) is 10.2. The maximum Gasteiger partial charge on any atom is 0.324 e. The fourth-order valence-electron chi connectivity index (χ4n) is 5.72. The fourth-order valence-corrected chi connectivity index (χ4v) is 5.72. The van der Waals surface area contributed by atoms with Crippen molar-refractivity contribution < 1.29 is 13.7 Å². The van der Waals surface area contributed by atoms with Gasteiger partial charge in [-0.15, -0.1) is 12.4 Å². The van der Waals surface area contributed by atoms with E-state index in [1.165, 1.54) is 6.07 Å². The number of rotatable bonds is 9. The molecular weight excluding hydrogens is 533 g/mol. The first kappa shape index (κ1) is 30.0. The summed E-state index contributed by atoms with van der Waals surface area (Å²) in [5.74, 6) is 3.34. The zero-order valence-electron chi connectivity index (χ0n) is 23.6. The number of hydrogen-bond donors (Lipinski definition) is 1. The van der Waals surface area contributed by atoms with Gasteiger partial charge < -0.3 is 24.8 Å². The molecule has 2 N–H and O–H groups in total. The van der Waals surface area contributed by atoms with Crippen LogP contribution in [0.4, 0.5) is 16.4 Å². The number of piperidine rings is 2. The lowest BCUT2D eigenvalue weighted by atomic mass is 9.84. The highest BCUT2D eigenvalue weighted by molar-refractivity contribution is 5.85. The monoisotopic (exact) mass is 573 g/mol. The van der Waals surface area contributed by atoms with E-state index in [9.17, 15) is 4.39 Å². The maximum atomic E-state index is 14.3. The summed E-state index contributed by atoms with van der Waals surface area (Å²) in [6.45, 7) is 10.3. The molecule has 9 nitrogen and oxygen atoms in total. The molecule has 0 saturated carbocycles. The van der Waals surface area contributed by atoms with E-state index in [0.717, 1.165) is 51.1 Å². The summed E-state index contributed by atoms with van der Waals surface area (Å²) in [4.78, 5) is 17.9. The van der Waals surface area contributed by atoms with E-state index in [1.807, 2.05) is 12.1 Å². The van der Waals surface area contributed by atoms with Crippen molar-refractivity contribution in [3.63, 3.8) is 0 Å². The van der Waals surface area contributed by atoms with Gasteiger partial charge in [0.1, 0.15) is 5.82 Å². The molecule has 2 aliphatic rings. The Morgan fingerprint density at radius 2 is 1.75 bits per heavy atom. The summed E-state index contributed by atoms with van der Waals surface area (Å²) in [6.07, 6.45) is 7.41. The van der Waals surface area contributed by atoms with E-state index in [-0.39, 0.29) is 36.1 Å². The minimum atomic E-state index is -0.187. The first-order chi connectivity index (χ1) is 18.9. The Bertz CT molecular complexity index is 1200. The largest absolute Gasteiger partial charge is 0.490 e. The highest BCUT2D eigenvalue weighted by Gasteiger charge is 2.31. The lowest BCUT2D eigenvalue weighted by Crippen LogP contribution is -2.48. The molecule has 0 bridgehead atoms. The number of benzene rings is 1. The van der Waals surface area contributed by atoms with E-state index in [2.05, 4.69) is 50.7 Å². The average molecular weight is 574 g/mol. The van der Waals surface area contributed by atoms with Crippen LogP contribution in [0.5, 0.6) is 5.75 Å². The predicted octanol–water partition coefficient (Wildman–Crippen LogP) is 5.19. The van der Waals surface area contributed by atoms with Crippen LogP contribution in [0.2, 0.25) is 0 Å². The molecule has 11 heteroatoms. The molecule has 2 aliphatic heterocycles. The summed E-state index contributed by atoms with van der Waals surface area (Å²) in [7, 11) is 0. The Hall–Kier alpha value is -2.98. The first-order valence-corrected chi connectivity index (χ1v) is 14.2. The van der Waals surface area contributed by atoms with Crippen LogP contribution in [-0.4, -0.2) is 58.9 Å². The molecule has 1 aromatic carbocycles. The van der Waals surface area contributed by atoms with Gasteiger partial charge >= 0.3 is 6.01 Å². The molecule has 2 saturated heterocycles. The van der Waals surface area contributed by atoms with Gasteiger partial charge in [-0.3, -0.25) is 0 Å². The van der Waals surface area contributed by atoms with Gasteiger partial charge in [-0.05, 0) is 49.1 Å². The number of ether oxygens (including phenoxy) is 1. The predicted molar refractivity (Wildman–Crippen MR) is 156 cm³/mol. The van der Waals surface area contributed by atoms with Crippen LogP contribution in [0.3, 0.4) is 0 Å². The van der Waals surface area contributed by atoms with Crippen molar-refractivity contribution in [2.45, 2.75) is 64.3 Å². The molecule has 4 heterocycles. The highest BCUT2D eigenvalue weighted by Crippen LogP contribution is 2.31. The summed E-state index contributed by atoms with van der Waals surface area (Å²) in [5.41, 5.74) is 7.14. The fraction of sp³-hybridized carbons (Fsp3) is 0.586. The van der Waals surface area contributed by atoms with Crippen LogP contribution >= 0.6 is 12.4 Å². The van der Waals surface area contributed by atoms with E-state index in [4.69, 9.17) is 15.0 Å². The Morgan fingerprint density at radius 3 is 2.40 bits per heavy atom. The van der Waals surface area contributed by atoms with Crippen LogP contribution in [0, 0.1) is 17.7 Å². The maximum absolute atomic E-state index is 14.3. The van der Waals surface area contributed by atoms with Crippen molar-refractivity contribution in [2.75, 3.05) is 42.6 Å². The molecule has 2 aromatic heterocycles. The quantitative estimate of drug-likeness (QED) is 0.370. The van der Waals surface area contributed by atoms with Crippen molar-refractivity contribution in [1.29, 1.82) is 0 Å². The minimum absolute atomic E-state index is 0. The van der Waals surface area contributed by atoms with Crippen LogP contribution < -0.4 is 20.3 Å². The SMILES string of the molecule is CC(C)c1noc(N2CCC([C@H](C)CCOc3cnc(N4CC[C@@H](c5ccccc5F)[C@H](N)C4)nc3)CC2)n1.Cl. The number of halogens is 2. The number of nitrogens with two attached hydrogens (primary N) is 1. The molecule has 40 heavy (non-hydrogen) atoms. The Balaban J connectivity index is 0.00000370. The van der Waals surface area contributed by atoms with Crippen molar-refractivity contribution in [3.8, 4) is 5.75 Å². The van der Waals surface area contributed by atoms with Crippen LogP contribution in [0.1, 0.15) is 69.7 Å². The van der Waals surface area contributed by atoms with E-state index in [0.29, 0.717) is 48.3 Å². The standard InChI is InChI=1S/C29H40FN7O2.ClH/c1-19(2)27-34-29(39-35-27)36-12-8-21(9-13-36)20(3)11-15-38-22-16-32-28(33-17-22)37-14-10-24(26(31)18-37)23-6-4-5-7-25(23)30;/h4-7,16-17,19-21,24,26H,8-15,18,31H2,1-3H3;1H/t20-,24+,26-;/m1./s1. The number of hydrogen-bond acceptors (Lipinski definition) is 9. The van der Waals surface area contributed by atoms with Gasteiger partial charge in [-0.25, -0.2) is 14.4 Å². The molecule has 218 valence electrons. The second-order valence-electron chi connectivity index (χ2n) is 11.3. The molecule has 0 unspecified atom stereocenters. The molecular formula is C29H41ClFN7O2. The zero-order chi connectivity index (χ0) is 27.4. The summed E-state index contributed by atoms with van der Waals surface area (Å²) in [6, 6.07) is 7.37. The molecule has 2 fully saturated rings. The molecule has 5 rings (SSSR count). The lowest BCUT2D eigenvalue weighted by Gasteiger charge is -2.37. The van der Waals surface area contributed by atoms with E-state index < -0.39 is 0 Å². The van der Waals surface area contributed by atoms with Gasteiger partial charge in [0.15, 0.2) is 11.6 Å². The highest BCUT2D eigenvalue weighted by atomic mass is 35.5. The van der Waals surface area contributed by atoms with Gasteiger partial charge in [-0.2, -0.15) is 4.98 Å². The van der Waals surface area contributed by atoms with Crippen molar-refractivity contribution in [3.05, 3.63) is 53.9 Å². The third-order valence-corrected chi connectivity index (χ3v) is 8.26. The number of aromatic nitrogens is 4. The summed E-state index contributed by atoms with van der Waals surface area (Å²) < 4.78 is 25.7. The summed E-state index contributed by atoms with van der Waals surface area (Å²) in [5, 5.41) is 4.09. The second-order valence-corrected chi connectivity index (χ2v) is 11.3. The average Bonchev–Trinajstić information content (AvgIpc) is 3.45. The topological polar surface area (TPSA) is 106 Å². The molecule has 0 radical (unpaired) electrons. The Labute approximate surface area is 242 Å². The Morgan fingerprint density at radius 1 is 1.05 bits per heavy atom. The van der Waals surface area contributed by atoms with Crippen molar-refractivity contribution in [1.82, 2.24) is 20.1 Å². The van der Waals surface area contributed by atoms with E-state index >= 15 is 0 Å². The van der Waals surface area contributed by atoms with Gasteiger partial charge in [0.25, 0.3) is 0 Å². The van der Waals surface area contributed by atoms with Gasteiger partial charge in [-0.1, -0.05) is 44.1 Å². The third kappa shape index (κ3) is 7.01. The van der Waals surface area contributed by atoms with Crippen molar-refractivity contribution >= 4 is 24.4 Å². The molecule has 3 atom stereocenters. The van der Waals surface area contributed by atoms with Crippen LogP contribution in [0.15, 0.2) is 41.2 Å². The summed E-state index contributed by atoms with van der Waals surface area (Å²) >= 11 is 0. The smallest absolute Gasteiger partial charge is 0.324 e. The molecule has 3 aromatic rings. The zero-order valence-corrected chi connectivity index (χ0v) is 24.4. The second kappa shape index (κ2) is 13.6. The normalized spacial score (nSPS) is 20.9. The molecule has 0 amide bonds. The first-order valence-electron chi connectivity index (χ1n) is 14.2. The minimum Gasteiger partial charge on any atom is -0.490 e.